The van der Waals surface area contributed by atoms with Gasteiger partial charge in [0.25, 0.3) is 5.91 Å². The number of nitrogens with one attached hydrogen (secondary N) is 3. The monoisotopic (exact) mass is 549 g/mol. The number of hydrogen-bond donors (Lipinski definition) is 3. The molecule has 1 fully saturated rings. The van der Waals surface area contributed by atoms with Crippen LogP contribution >= 0.6 is 0 Å². The van der Waals surface area contributed by atoms with Gasteiger partial charge in [-0.1, -0.05) is 24.3 Å². The van der Waals surface area contributed by atoms with E-state index in [1.807, 2.05) is 32.0 Å². The summed E-state index contributed by atoms with van der Waals surface area (Å²) in [6.07, 6.45) is -2.97. The van der Waals surface area contributed by atoms with Gasteiger partial charge in [0, 0.05) is 41.8 Å². The lowest BCUT2D eigenvalue weighted by Gasteiger charge is -2.11. The molecular weight excluding hydrogens is 519 g/mol. The van der Waals surface area contributed by atoms with Crippen LogP contribution in [0.5, 0.6) is 0 Å². The van der Waals surface area contributed by atoms with Gasteiger partial charge in [-0.05, 0) is 73.5 Å². The number of ether oxygens (including phenoxy) is 1. The van der Waals surface area contributed by atoms with E-state index in [0.717, 1.165) is 55.3 Å². The number of aromatic nitrogens is 2. The lowest BCUT2D eigenvalue weighted by atomic mass is 10.1. The van der Waals surface area contributed by atoms with Gasteiger partial charge in [-0.2, -0.15) is 13.2 Å². The van der Waals surface area contributed by atoms with E-state index in [2.05, 4.69) is 25.9 Å². The molecule has 10 heteroatoms. The zero-order valence-electron chi connectivity index (χ0n) is 22.2. The van der Waals surface area contributed by atoms with E-state index in [9.17, 15) is 18.0 Å². The van der Waals surface area contributed by atoms with Crippen LogP contribution in [-0.4, -0.2) is 42.2 Å². The number of hydrogen-bond acceptors (Lipinski definition) is 6. The predicted octanol–water partition coefficient (Wildman–Crippen LogP) is 6.38. The van der Waals surface area contributed by atoms with Crippen LogP contribution in [0, 0.1) is 13.8 Å². The van der Waals surface area contributed by atoms with Gasteiger partial charge < -0.3 is 20.7 Å². The Morgan fingerprint density at radius 1 is 0.950 bits per heavy atom. The van der Waals surface area contributed by atoms with Gasteiger partial charge >= 0.3 is 6.18 Å². The quantitative estimate of drug-likeness (QED) is 0.268. The Kier molecular flexibility index (Phi) is 9.47. The smallest absolute Gasteiger partial charge is 0.379 e. The fourth-order valence-corrected chi connectivity index (χ4v) is 3.85. The molecule has 4 aromatic rings. The van der Waals surface area contributed by atoms with Crippen LogP contribution in [0.15, 0.2) is 79.0 Å². The highest BCUT2D eigenvalue weighted by Crippen LogP contribution is 2.32. The van der Waals surface area contributed by atoms with Gasteiger partial charge in [-0.3, -0.25) is 4.79 Å². The minimum Gasteiger partial charge on any atom is -0.379 e. The molecule has 40 heavy (non-hydrogen) atoms. The summed E-state index contributed by atoms with van der Waals surface area (Å²) in [7, 11) is 0. The minimum absolute atomic E-state index is 0.225. The zero-order valence-corrected chi connectivity index (χ0v) is 22.2. The van der Waals surface area contributed by atoms with Crippen molar-refractivity contribution in [1.29, 1.82) is 0 Å². The molecular formula is C30H30F3N5O2. The number of aryl methyl sites for hydroxylation is 2. The predicted molar refractivity (Wildman–Crippen MR) is 150 cm³/mol. The summed E-state index contributed by atoms with van der Waals surface area (Å²) >= 11 is 0. The van der Waals surface area contributed by atoms with Gasteiger partial charge in [-0.15, -0.1) is 0 Å². The first-order chi connectivity index (χ1) is 19.2. The normalized spacial score (nSPS) is 13.1. The van der Waals surface area contributed by atoms with Crippen molar-refractivity contribution in [1.82, 2.24) is 15.3 Å². The molecule has 1 saturated heterocycles. The average Bonchev–Trinajstić information content (AvgIpc) is 2.96. The Morgan fingerprint density at radius 2 is 1.70 bits per heavy atom. The van der Waals surface area contributed by atoms with E-state index in [1.165, 1.54) is 12.3 Å². The summed E-state index contributed by atoms with van der Waals surface area (Å²) < 4.78 is 44.1. The maximum Gasteiger partial charge on any atom is 0.416 e. The first kappa shape index (κ1) is 28.7. The molecule has 0 bridgehead atoms. The Hall–Kier alpha value is -4.28. The molecule has 0 spiro atoms. The molecule has 1 aromatic heterocycles. The summed E-state index contributed by atoms with van der Waals surface area (Å²) in [6, 6.07) is 19.1. The molecule has 7 nitrogen and oxygen atoms in total. The Morgan fingerprint density at radius 3 is 2.35 bits per heavy atom. The molecule has 208 valence electrons. The topological polar surface area (TPSA) is 88.2 Å². The van der Waals surface area contributed by atoms with Crippen LogP contribution in [0.4, 0.5) is 30.5 Å². The number of amides is 1. The largest absolute Gasteiger partial charge is 0.416 e. The van der Waals surface area contributed by atoms with E-state index in [1.54, 1.807) is 36.4 Å². The number of benzene rings is 3. The van der Waals surface area contributed by atoms with E-state index in [4.69, 9.17) is 4.74 Å². The summed E-state index contributed by atoms with van der Waals surface area (Å²) in [5.74, 6) is -0.00876. The number of rotatable bonds is 5. The van der Waals surface area contributed by atoms with Gasteiger partial charge in [0.1, 0.15) is 0 Å². The van der Waals surface area contributed by atoms with Crippen molar-refractivity contribution in [2.45, 2.75) is 20.0 Å². The van der Waals surface area contributed by atoms with E-state index >= 15 is 0 Å². The number of anilines is 3. The lowest BCUT2D eigenvalue weighted by Crippen LogP contribution is -2.30. The van der Waals surface area contributed by atoms with Gasteiger partial charge in [0.05, 0.1) is 24.5 Å². The molecule has 0 aliphatic carbocycles. The first-order valence-electron chi connectivity index (χ1n) is 12.7. The third-order valence-corrected chi connectivity index (χ3v) is 6.03. The van der Waals surface area contributed by atoms with Crippen molar-refractivity contribution in [3.05, 3.63) is 101 Å². The summed E-state index contributed by atoms with van der Waals surface area (Å²) in [6.45, 7) is 7.72. The molecule has 0 saturated carbocycles. The molecule has 0 unspecified atom stereocenters. The van der Waals surface area contributed by atoms with Crippen LogP contribution < -0.4 is 16.0 Å². The number of alkyl halides is 3. The van der Waals surface area contributed by atoms with Crippen molar-refractivity contribution < 1.29 is 22.7 Å². The van der Waals surface area contributed by atoms with Crippen LogP contribution in [0.2, 0.25) is 0 Å². The van der Waals surface area contributed by atoms with Crippen LogP contribution in [0.3, 0.4) is 0 Å². The van der Waals surface area contributed by atoms with Gasteiger partial charge in [-0.25, -0.2) is 9.97 Å². The van der Waals surface area contributed by atoms with E-state index in [-0.39, 0.29) is 11.9 Å². The Balaban J connectivity index is 0.000000546. The molecule has 5 rings (SSSR count). The maximum absolute atomic E-state index is 13.0. The van der Waals surface area contributed by atoms with Crippen LogP contribution in [-0.2, 0) is 10.9 Å². The third-order valence-electron chi connectivity index (χ3n) is 6.03. The highest BCUT2D eigenvalue weighted by molar-refractivity contribution is 6.04. The second kappa shape index (κ2) is 13.2. The Bertz CT molecular complexity index is 1430. The van der Waals surface area contributed by atoms with Crippen molar-refractivity contribution in [2.75, 3.05) is 36.9 Å². The fourth-order valence-electron chi connectivity index (χ4n) is 3.85. The second-order valence-electron chi connectivity index (χ2n) is 9.18. The minimum atomic E-state index is -4.43. The average molecular weight is 550 g/mol. The van der Waals surface area contributed by atoms with Crippen LogP contribution in [0.1, 0.15) is 27.0 Å². The number of carbonyl (C=O) groups excluding carboxylic acids is 1. The van der Waals surface area contributed by atoms with Crippen molar-refractivity contribution in [2.24, 2.45) is 0 Å². The summed E-state index contributed by atoms with van der Waals surface area (Å²) in [5.41, 5.74) is 3.82. The molecule has 3 aromatic carbocycles. The molecule has 2 heterocycles. The number of halogens is 3. The second-order valence-corrected chi connectivity index (χ2v) is 9.18. The van der Waals surface area contributed by atoms with Crippen LogP contribution in [0.25, 0.3) is 11.3 Å². The standard InChI is InChI=1S/C26H21F3N4O.C4H9NO/c1-16-6-7-17(2)23(14-16)32-24(34)18-8-10-21(11-9-18)31-25-30-13-12-22(33-25)19-4-3-5-20(15-19)26(27,28)29;1-3-6-4-2-5-1/h3-15H,1-2H3,(H,32,34)(H,30,31,33);5H,1-4H2. The van der Waals surface area contributed by atoms with E-state index < -0.39 is 11.7 Å². The SMILES string of the molecule is C1COCCN1.Cc1ccc(C)c(NC(=O)c2ccc(Nc3nccc(-c4cccc(C(F)(F)F)c4)n3)cc2)c1. The number of carbonyl (C=O) groups is 1. The van der Waals surface area contributed by atoms with Gasteiger partial charge in [0.15, 0.2) is 0 Å². The van der Waals surface area contributed by atoms with Crippen molar-refractivity contribution >= 4 is 23.2 Å². The van der Waals surface area contributed by atoms with E-state index in [0.29, 0.717) is 22.5 Å². The molecule has 1 aliphatic heterocycles. The fraction of sp³-hybridized carbons (Fsp3) is 0.233. The molecule has 3 N–H and O–H groups in total. The highest BCUT2D eigenvalue weighted by Gasteiger charge is 2.30. The highest BCUT2D eigenvalue weighted by atomic mass is 19.4. The first-order valence-corrected chi connectivity index (χ1v) is 12.7. The zero-order chi connectivity index (χ0) is 28.5. The third kappa shape index (κ3) is 8.11. The molecule has 1 amide bonds. The maximum atomic E-state index is 13.0. The number of nitrogens with zero attached hydrogens (tertiary/aromatic N) is 2. The van der Waals surface area contributed by atoms with Crippen molar-refractivity contribution in [3.8, 4) is 11.3 Å². The summed E-state index contributed by atoms with van der Waals surface area (Å²) in [5, 5.41) is 9.09. The van der Waals surface area contributed by atoms with Crippen molar-refractivity contribution in [3.63, 3.8) is 0 Å². The molecule has 0 atom stereocenters. The molecule has 0 radical (unpaired) electrons. The summed E-state index contributed by atoms with van der Waals surface area (Å²) in [4.78, 5) is 21.1. The lowest BCUT2D eigenvalue weighted by molar-refractivity contribution is -0.137. The Labute approximate surface area is 230 Å². The molecule has 1 aliphatic rings. The number of morpholine rings is 1. The van der Waals surface area contributed by atoms with Gasteiger partial charge in [0.2, 0.25) is 5.95 Å².